The number of halogens is 1. The third kappa shape index (κ3) is 4.30. The van der Waals surface area contributed by atoms with Gasteiger partial charge in [0, 0.05) is 36.8 Å². The maximum absolute atomic E-state index is 13.3. The molecule has 1 atom stereocenters. The molecule has 1 unspecified atom stereocenters. The van der Waals surface area contributed by atoms with Crippen molar-refractivity contribution in [2.24, 2.45) is 5.92 Å². The number of hydrogen-bond donors (Lipinski definition) is 1. The van der Waals surface area contributed by atoms with Crippen molar-refractivity contribution in [3.8, 4) is 0 Å². The van der Waals surface area contributed by atoms with Crippen LogP contribution in [0.5, 0.6) is 0 Å². The predicted molar refractivity (Wildman–Crippen MR) is 97.1 cm³/mol. The number of aromatic nitrogens is 2. The molecule has 0 spiro atoms. The van der Waals surface area contributed by atoms with Gasteiger partial charge in [-0.25, -0.2) is 4.39 Å². The van der Waals surface area contributed by atoms with Crippen LogP contribution in [-0.4, -0.2) is 45.4 Å². The van der Waals surface area contributed by atoms with Gasteiger partial charge in [0.1, 0.15) is 5.82 Å². The molecule has 0 saturated carbocycles. The fourth-order valence-corrected chi connectivity index (χ4v) is 3.78. The first-order valence-corrected chi connectivity index (χ1v) is 9.24. The summed E-state index contributed by atoms with van der Waals surface area (Å²) >= 11 is 0. The fraction of sp³-hybridized carbons (Fsp3) is 0.500. The molecule has 3 rings (SSSR count). The summed E-state index contributed by atoms with van der Waals surface area (Å²) in [6, 6.07) is 8.47. The zero-order valence-corrected chi connectivity index (χ0v) is 15.1. The average Bonchev–Trinajstić information content (AvgIpc) is 3.10. The summed E-state index contributed by atoms with van der Waals surface area (Å²) in [5.41, 5.74) is 1.99. The van der Waals surface area contributed by atoms with E-state index in [9.17, 15) is 9.18 Å². The van der Waals surface area contributed by atoms with Crippen LogP contribution >= 0.6 is 0 Å². The molecule has 6 heteroatoms. The molecule has 1 aromatic heterocycles. The normalized spacial score (nSPS) is 16.7. The molecule has 2 heterocycles. The second-order valence-corrected chi connectivity index (χ2v) is 7.04. The molecule has 0 radical (unpaired) electrons. The second kappa shape index (κ2) is 8.45. The van der Waals surface area contributed by atoms with E-state index >= 15 is 0 Å². The van der Waals surface area contributed by atoms with Crippen molar-refractivity contribution in [1.29, 1.82) is 0 Å². The molecule has 1 fully saturated rings. The zero-order valence-electron chi connectivity index (χ0n) is 15.1. The largest absolute Gasteiger partial charge is 0.394 e. The summed E-state index contributed by atoms with van der Waals surface area (Å²) in [5.74, 6) is 0.0823. The van der Waals surface area contributed by atoms with Gasteiger partial charge in [-0.1, -0.05) is 19.1 Å². The lowest BCUT2D eigenvalue weighted by molar-refractivity contribution is -0.136. The van der Waals surface area contributed by atoms with E-state index in [1.807, 2.05) is 28.6 Å². The molecular formula is C20H26FN3O2. The number of carbonyl (C=O) groups is 1. The molecule has 1 aliphatic rings. The van der Waals surface area contributed by atoms with Crippen molar-refractivity contribution in [1.82, 2.24) is 14.7 Å². The highest BCUT2D eigenvalue weighted by Crippen LogP contribution is 2.28. The van der Waals surface area contributed by atoms with E-state index < -0.39 is 0 Å². The zero-order chi connectivity index (χ0) is 18.5. The van der Waals surface area contributed by atoms with Crippen LogP contribution in [0.15, 0.2) is 36.5 Å². The molecule has 2 aromatic rings. The van der Waals surface area contributed by atoms with Crippen LogP contribution < -0.4 is 0 Å². The third-order valence-corrected chi connectivity index (χ3v) is 5.14. The average molecular weight is 359 g/mol. The predicted octanol–water partition coefficient (Wildman–Crippen LogP) is 2.60. The summed E-state index contributed by atoms with van der Waals surface area (Å²) in [6.45, 7) is 3.94. The van der Waals surface area contributed by atoms with Crippen LogP contribution in [0.3, 0.4) is 0 Å². The standard InChI is InChI=1S/C20H26FN3O2/c1-15(13-16-3-2-4-18(21)14-16)20(26)23-9-6-17(7-10-23)19-5-8-22-24(19)11-12-25/h2-5,8,14-15,17,25H,6-7,9-13H2,1H3. The van der Waals surface area contributed by atoms with Gasteiger partial charge in [0.15, 0.2) is 0 Å². The number of piperidine rings is 1. The van der Waals surface area contributed by atoms with Crippen LogP contribution in [-0.2, 0) is 17.8 Å². The Morgan fingerprint density at radius 1 is 1.35 bits per heavy atom. The summed E-state index contributed by atoms with van der Waals surface area (Å²) in [4.78, 5) is 14.7. The van der Waals surface area contributed by atoms with Crippen LogP contribution in [0.4, 0.5) is 4.39 Å². The first-order chi connectivity index (χ1) is 12.6. The van der Waals surface area contributed by atoms with E-state index in [1.165, 1.54) is 12.1 Å². The summed E-state index contributed by atoms with van der Waals surface area (Å²) in [5, 5.41) is 13.4. The van der Waals surface area contributed by atoms with Crippen molar-refractivity contribution >= 4 is 5.91 Å². The van der Waals surface area contributed by atoms with Gasteiger partial charge >= 0.3 is 0 Å². The maximum atomic E-state index is 13.3. The van der Waals surface area contributed by atoms with Gasteiger partial charge in [0.2, 0.25) is 5.91 Å². The molecule has 0 bridgehead atoms. The topological polar surface area (TPSA) is 58.4 Å². The molecule has 1 saturated heterocycles. The Kier molecular flexibility index (Phi) is 6.04. The third-order valence-electron chi connectivity index (χ3n) is 5.14. The van der Waals surface area contributed by atoms with Crippen molar-refractivity contribution < 1.29 is 14.3 Å². The van der Waals surface area contributed by atoms with Crippen molar-refractivity contribution in [3.63, 3.8) is 0 Å². The summed E-state index contributed by atoms with van der Waals surface area (Å²) in [6.07, 6.45) is 4.12. The van der Waals surface area contributed by atoms with E-state index in [-0.39, 0.29) is 24.2 Å². The van der Waals surface area contributed by atoms with Gasteiger partial charge in [-0.15, -0.1) is 0 Å². The Balaban J connectivity index is 1.55. The lowest BCUT2D eigenvalue weighted by atomic mass is 9.92. The van der Waals surface area contributed by atoms with Crippen molar-refractivity contribution in [2.45, 2.75) is 38.6 Å². The molecule has 1 aliphatic heterocycles. The van der Waals surface area contributed by atoms with Gasteiger partial charge in [0.05, 0.1) is 13.2 Å². The Bertz CT molecular complexity index is 738. The fourth-order valence-electron chi connectivity index (χ4n) is 3.78. The number of aliphatic hydroxyl groups is 1. The number of nitrogens with zero attached hydrogens (tertiary/aromatic N) is 3. The molecule has 26 heavy (non-hydrogen) atoms. The number of carbonyl (C=O) groups excluding carboxylic acids is 1. The molecular weight excluding hydrogens is 333 g/mol. The maximum Gasteiger partial charge on any atom is 0.225 e. The number of benzene rings is 1. The molecule has 5 nitrogen and oxygen atoms in total. The van der Waals surface area contributed by atoms with Crippen LogP contribution in [0.25, 0.3) is 0 Å². The van der Waals surface area contributed by atoms with E-state index in [1.54, 1.807) is 12.3 Å². The quantitative estimate of drug-likeness (QED) is 0.862. The summed E-state index contributed by atoms with van der Waals surface area (Å²) < 4.78 is 15.2. The monoisotopic (exact) mass is 359 g/mol. The Morgan fingerprint density at radius 3 is 2.81 bits per heavy atom. The van der Waals surface area contributed by atoms with E-state index in [2.05, 4.69) is 5.10 Å². The second-order valence-electron chi connectivity index (χ2n) is 7.04. The number of rotatable bonds is 6. The summed E-state index contributed by atoms with van der Waals surface area (Å²) in [7, 11) is 0. The highest BCUT2D eigenvalue weighted by molar-refractivity contribution is 5.79. The van der Waals surface area contributed by atoms with Gasteiger partial charge in [0.25, 0.3) is 0 Å². The Morgan fingerprint density at radius 2 is 2.12 bits per heavy atom. The number of hydrogen-bond acceptors (Lipinski definition) is 3. The molecule has 1 amide bonds. The highest BCUT2D eigenvalue weighted by Gasteiger charge is 2.28. The minimum absolute atomic E-state index is 0.0730. The van der Waals surface area contributed by atoms with E-state index in [0.717, 1.165) is 37.2 Å². The lowest BCUT2D eigenvalue weighted by Crippen LogP contribution is -2.41. The SMILES string of the molecule is CC(Cc1cccc(F)c1)C(=O)N1CCC(c2ccnn2CCO)CC1. The van der Waals surface area contributed by atoms with Gasteiger partial charge in [-0.2, -0.15) is 5.10 Å². The number of amides is 1. The molecule has 1 N–H and O–H groups in total. The van der Waals surface area contributed by atoms with Crippen molar-refractivity contribution in [3.05, 3.63) is 53.6 Å². The molecule has 1 aromatic carbocycles. The van der Waals surface area contributed by atoms with E-state index in [0.29, 0.717) is 18.9 Å². The Hall–Kier alpha value is -2.21. The first kappa shape index (κ1) is 18.6. The van der Waals surface area contributed by atoms with Gasteiger partial charge in [-0.05, 0) is 43.0 Å². The lowest BCUT2D eigenvalue weighted by Gasteiger charge is -2.34. The van der Waals surface area contributed by atoms with Crippen LogP contribution in [0.2, 0.25) is 0 Å². The smallest absolute Gasteiger partial charge is 0.225 e. The first-order valence-electron chi connectivity index (χ1n) is 9.24. The van der Waals surface area contributed by atoms with E-state index in [4.69, 9.17) is 5.11 Å². The minimum Gasteiger partial charge on any atom is -0.394 e. The highest BCUT2D eigenvalue weighted by atomic mass is 19.1. The van der Waals surface area contributed by atoms with Gasteiger partial charge < -0.3 is 10.0 Å². The number of likely N-dealkylation sites (tertiary alicyclic amines) is 1. The molecule has 0 aliphatic carbocycles. The van der Waals surface area contributed by atoms with Crippen LogP contribution in [0, 0.1) is 11.7 Å². The van der Waals surface area contributed by atoms with Crippen molar-refractivity contribution in [2.75, 3.05) is 19.7 Å². The Labute approximate surface area is 153 Å². The number of aliphatic hydroxyl groups excluding tert-OH is 1. The molecule has 140 valence electrons. The van der Waals surface area contributed by atoms with Crippen LogP contribution in [0.1, 0.15) is 36.9 Å². The minimum atomic E-state index is -0.262. The van der Waals surface area contributed by atoms with Gasteiger partial charge in [-0.3, -0.25) is 9.48 Å².